The lowest BCUT2D eigenvalue weighted by molar-refractivity contribution is 0.464. The molecule has 2 unspecified atom stereocenters. The zero-order valence-electron chi connectivity index (χ0n) is 12.2. The van der Waals surface area contributed by atoms with Crippen LogP contribution in [0, 0.1) is 13.8 Å². The van der Waals surface area contributed by atoms with Gasteiger partial charge in [-0.3, -0.25) is 0 Å². The molecule has 0 bridgehead atoms. The molecule has 2 aromatic rings. The molecule has 1 aromatic heterocycles. The third-order valence-electron chi connectivity index (χ3n) is 4.19. The van der Waals surface area contributed by atoms with Gasteiger partial charge < -0.3 is 5.32 Å². The van der Waals surface area contributed by atoms with Gasteiger partial charge in [0.15, 0.2) is 0 Å². The highest BCUT2D eigenvalue weighted by molar-refractivity contribution is 7.16. The number of halogens is 1. The summed E-state index contributed by atoms with van der Waals surface area (Å²) in [7, 11) is 0. The van der Waals surface area contributed by atoms with Crippen molar-refractivity contribution in [3.05, 3.63) is 55.7 Å². The molecule has 0 amide bonds. The first kappa shape index (κ1) is 14.1. The van der Waals surface area contributed by atoms with Gasteiger partial charge in [-0.05, 0) is 56.4 Å². The first-order valence-electron chi connectivity index (χ1n) is 7.16. The predicted molar refractivity (Wildman–Crippen MR) is 87.9 cm³/mol. The van der Waals surface area contributed by atoms with E-state index >= 15 is 0 Å². The van der Waals surface area contributed by atoms with Crippen molar-refractivity contribution in [2.45, 2.75) is 45.7 Å². The lowest BCUT2D eigenvalue weighted by Crippen LogP contribution is -2.23. The smallest absolute Gasteiger partial charge is 0.0934 e. The van der Waals surface area contributed by atoms with Gasteiger partial charge in [0.1, 0.15) is 0 Å². The Hall–Kier alpha value is -0.830. The molecule has 0 spiro atoms. The fourth-order valence-corrected chi connectivity index (χ4v) is 4.56. The number of aryl methyl sites for hydroxylation is 3. The van der Waals surface area contributed by atoms with Crippen molar-refractivity contribution < 1.29 is 0 Å². The second-order valence-corrected chi connectivity index (χ2v) is 7.54. The van der Waals surface area contributed by atoms with Gasteiger partial charge in [0.05, 0.1) is 4.34 Å². The van der Waals surface area contributed by atoms with Crippen molar-refractivity contribution in [3.8, 4) is 0 Å². The van der Waals surface area contributed by atoms with E-state index in [1.807, 2.05) is 0 Å². The molecule has 2 atom stereocenters. The van der Waals surface area contributed by atoms with Crippen LogP contribution < -0.4 is 5.32 Å². The van der Waals surface area contributed by atoms with Crippen molar-refractivity contribution in [3.63, 3.8) is 0 Å². The van der Waals surface area contributed by atoms with Crippen molar-refractivity contribution in [2.75, 3.05) is 0 Å². The molecular weight excluding hydrogens is 286 g/mol. The standard InChI is InChI=1S/C17H20ClNS/c1-10-4-5-13(11(2)8-10)12(3)19-15-6-7-16-14(15)9-17(18)20-16/h4-5,8-9,12,15,19H,6-7H2,1-3H3. The fraction of sp³-hybridized carbons (Fsp3) is 0.412. The number of nitrogens with one attached hydrogen (secondary N) is 1. The quantitative estimate of drug-likeness (QED) is 0.805. The molecule has 0 saturated heterocycles. The highest BCUT2D eigenvalue weighted by atomic mass is 35.5. The summed E-state index contributed by atoms with van der Waals surface area (Å²) in [4.78, 5) is 1.46. The van der Waals surface area contributed by atoms with E-state index in [0.717, 1.165) is 10.8 Å². The molecule has 1 N–H and O–H groups in total. The number of benzene rings is 1. The van der Waals surface area contributed by atoms with Gasteiger partial charge >= 0.3 is 0 Å². The van der Waals surface area contributed by atoms with Crippen LogP contribution >= 0.6 is 22.9 Å². The van der Waals surface area contributed by atoms with Crippen LogP contribution in [0.2, 0.25) is 4.34 Å². The van der Waals surface area contributed by atoms with Crippen LogP contribution in [0.3, 0.4) is 0 Å². The largest absolute Gasteiger partial charge is 0.303 e. The van der Waals surface area contributed by atoms with Gasteiger partial charge in [0.25, 0.3) is 0 Å². The summed E-state index contributed by atoms with van der Waals surface area (Å²) in [6.07, 6.45) is 2.34. The van der Waals surface area contributed by atoms with E-state index < -0.39 is 0 Å². The molecule has 0 aliphatic heterocycles. The van der Waals surface area contributed by atoms with Crippen molar-refractivity contribution >= 4 is 22.9 Å². The summed E-state index contributed by atoms with van der Waals surface area (Å²) in [5, 5.41) is 3.77. The molecule has 1 aliphatic rings. The Morgan fingerprint density at radius 3 is 2.85 bits per heavy atom. The topological polar surface area (TPSA) is 12.0 Å². The Morgan fingerprint density at radius 2 is 2.10 bits per heavy atom. The number of thiophene rings is 1. The fourth-order valence-electron chi connectivity index (χ4n) is 3.21. The van der Waals surface area contributed by atoms with Crippen LogP contribution in [0.15, 0.2) is 24.3 Å². The number of hydrogen-bond acceptors (Lipinski definition) is 2. The zero-order valence-corrected chi connectivity index (χ0v) is 13.7. The Kier molecular flexibility index (Phi) is 3.89. The third kappa shape index (κ3) is 2.65. The SMILES string of the molecule is Cc1ccc(C(C)NC2CCc3sc(Cl)cc32)c(C)c1. The normalized spacial score (nSPS) is 19.1. The molecule has 0 radical (unpaired) electrons. The molecule has 1 aromatic carbocycles. The van der Waals surface area contributed by atoms with Crippen LogP contribution in [0.1, 0.15) is 52.6 Å². The lowest BCUT2D eigenvalue weighted by atomic mass is 9.99. The summed E-state index contributed by atoms with van der Waals surface area (Å²) in [6, 6.07) is 9.66. The average Bonchev–Trinajstić information content (AvgIpc) is 2.90. The Balaban J connectivity index is 1.78. The number of hydrogen-bond donors (Lipinski definition) is 1. The molecule has 1 aliphatic carbocycles. The molecule has 20 heavy (non-hydrogen) atoms. The van der Waals surface area contributed by atoms with Crippen LogP contribution in [0.4, 0.5) is 0 Å². The molecule has 0 fully saturated rings. The van der Waals surface area contributed by atoms with E-state index in [1.54, 1.807) is 11.3 Å². The van der Waals surface area contributed by atoms with Crippen LogP contribution in [-0.2, 0) is 6.42 Å². The minimum absolute atomic E-state index is 0.366. The Labute approximate surface area is 130 Å². The third-order valence-corrected chi connectivity index (χ3v) is 5.53. The van der Waals surface area contributed by atoms with E-state index in [1.165, 1.54) is 33.6 Å². The van der Waals surface area contributed by atoms with Gasteiger partial charge in [-0.2, -0.15) is 0 Å². The van der Waals surface area contributed by atoms with Gasteiger partial charge in [-0.15, -0.1) is 11.3 Å². The lowest BCUT2D eigenvalue weighted by Gasteiger charge is -2.22. The molecule has 1 heterocycles. The van der Waals surface area contributed by atoms with Crippen LogP contribution in [-0.4, -0.2) is 0 Å². The van der Waals surface area contributed by atoms with Crippen molar-refractivity contribution in [1.82, 2.24) is 5.32 Å². The molecule has 0 saturated carbocycles. The van der Waals surface area contributed by atoms with E-state index in [-0.39, 0.29) is 0 Å². The van der Waals surface area contributed by atoms with Gasteiger partial charge in [0, 0.05) is 17.0 Å². The van der Waals surface area contributed by atoms with E-state index in [0.29, 0.717) is 12.1 Å². The van der Waals surface area contributed by atoms with E-state index in [2.05, 4.69) is 50.4 Å². The molecular formula is C17H20ClNS. The maximum atomic E-state index is 6.13. The van der Waals surface area contributed by atoms with Crippen molar-refractivity contribution in [2.24, 2.45) is 0 Å². The molecule has 106 valence electrons. The van der Waals surface area contributed by atoms with Gasteiger partial charge in [0.2, 0.25) is 0 Å². The van der Waals surface area contributed by atoms with Crippen LogP contribution in [0.25, 0.3) is 0 Å². The Bertz CT molecular complexity index is 632. The molecule has 3 heteroatoms. The summed E-state index contributed by atoms with van der Waals surface area (Å²) >= 11 is 7.86. The zero-order chi connectivity index (χ0) is 14.3. The first-order valence-corrected chi connectivity index (χ1v) is 8.35. The summed E-state index contributed by atoms with van der Waals surface area (Å²) in [6.45, 7) is 6.59. The van der Waals surface area contributed by atoms with Gasteiger partial charge in [-0.1, -0.05) is 35.4 Å². The highest BCUT2D eigenvalue weighted by Gasteiger charge is 2.26. The van der Waals surface area contributed by atoms with Crippen molar-refractivity contribution in [1.29, 1.82) is 0 Å². The monoisotopic (exact) mass is 305 g/mol. The second kappa shape index (κ2) is 5.51. The van der Waals surface area contributed by atoms with E-state index in [9.17, 15) is 0 Å². The minimum Gasteiger partial charge on any atom is -0.303 e. The molecule has 1 nitrogen and oxygen atoms in total. The maximum absolute atomic E-state index is 6.13. The predicted octanol–water partition coefficient (Wildman–Crippen LogP) is 5.36. The maximum Gasteiger partial charge on any atom is 0.0934 e. The second-order valence-electron chi connectivity index (χ2n) is 5.77. The average molecular weight is 306 g/mol. The van der Waals surface area contributed by atoms with E-state index in [4.69, 9.17) is 11.6 Å². The summed E-state index contributed by atoms with van der Waals surface area (Å²) in [5.74, 6) is 0. The first-order chi connectivity index (χ1) is 9.54. The summed E-state index contributed by atoms with van der Waals surface area (Å²) in [5.41, 5.74) is 5.50. The highest BCUT2D eigenvalue weighted by Crippen LogP contribution is 2.40. The molecule has 3 rings (SSSR count). The number of rotatable bonds is 3. The van der Waals surface area contributed by atoms with Crippen LogP contribution in [0.5, 0.6) is 0 Å². The van der Waals surface area contributed by atoms with Gasteiger partial charge in [-0.25, -0.2) is 0 Å². The minimum atomic E-state index is 0.366. The number of fused-ring (bicyclic) bond motifs is 1. The Morgan fingerprint density at radius 1 is 1.30 bits per heavy atom. The summed E-state index contributed by atoms with van der Waals surface area (Å²) < 4.78 is 0.917.